The van der Waals surface area contributed by atoms with E-state index in [-0.39, 0.29) is 65.2 Å². The van der Waals surface area contributed by atoms with Crippen LogP contribution in [0.3, 0.4) is 0 Å². The van der Waals surface area contributed by atoms with Crippen LogP contribution in [0.1, 0.15) is 69.2 Å². The van der Waals surface area contributed by atoms with E-state index in [0.29, 0.717) is 13.2 Å². The van der Waals surface area contributed by atoms with Gasteiger partial charge in [-0.3, -0.25) is 28.9 Å². The van der Waals surface area contributed by atoms with E-state index in [0.717, 1.165) is 13.1 Å². The van der Waals surface area contributed by atoms with Gasteiger partial charge in [0, 0.05) is 53.3 Å². The van der Waals surface area contributed by atoms with E-state index in [4.69, 9.17) is 20.1 Å². The van der Waals surface area contributed by atoms with Crippen molar-refractivity contribution in [3.63, 3.8) is 0 Å². The van der Waals surface area contributed by atoms with E-state index >= 15 is 0 Å². The fourth-order valence-electron chi connectivity index (χ4n) is 1.31. The minimum Gasteiger partial charge on any atom is -0.870 e. The van der Waals surface area contributed by atoms with E-state index in [1.165, 1.54) is 42.0 Å². The smallest absolute Gasteiger partial charge is 0.870 e. The minimum absolute atomic E-state index is 0. The molecule has 0 heterocycles. The second kappa shape index (κ2) is 77.2. The quantitative estimate of drug-likeness (QED) is 0.0963. The number of rotatable bonds is 9. The first-order chi connectivity index (χ1) is 22.9. The number of nitrogens with two attached hydrogens (primary N) is 1. The molecule has 3 amide bonds. The summed E-state index contributed by atoms with van der Waals surface area (Å²) in [7, 11) is 8.36. The molecular formula is C29H71I6N6O10V. The molecule has 0 aliphatic rings. The third kappa shape index (κ3) is 151. The zero-order valence-corrected chi connectivity index (χ0v) is 48.4. The molecule has 0 radical (unpaired) electrons. The first kappa shape index (κ1) is 85.7. The van der Waals surface area contributed by atoms with Gasteiger partial charge in [-0.15, -0.1) is 24.0 Å². The Morgan fingerprint density at radius 2 is 0.962 bits per heavy atom. The molecule has 0 aromatic rings. The van der Waals surface area contributed by atoms with E-state index in [1.54, 1.807) is 44.9 Å². The van der Waals surface area contributed by atoms with Gasteiger partial charge in [0.1, 0.15) is 0 Å². The number of hydrogen-bond acceptors (Lipinski definition) is 10. The predicted octanol–water partition coefficient (Wildman–Crippen LogP) is 5.54. The van der Waals surface area contributed by atoms with E-state index in [9.17, 15) is 24.0 Å². The van der Waals surface area contributed by atoms with Crippen LogP contribution in [0, 0.1) is 0 Å². The van der Waals surface area contributed by atoms with Gasteiger partial charge in [0.2, 0.25) is 17.7 Å². The maximum atomic E-state index is 10.7. The van der Waals surface area contributed by atoms with Gasteiger partial charge >= 0.3 is 82.8 Å². The van der Waals surface area contributed by atoms with Gasteiger partial charge in [-0.25, -0.2) is 0 Å². The number of hydrogen-bond donors (Lipinski definition) is 4. The summed E-state index contributed by atoms with van der Waals surface area (Å²) in [5.74, 6) is -2.12. The van der Waals surface area contributed by atoms with Crippen molar-refractivity contribution in [2.24, 2.45) is 5.73 Å². The molecule has 52 heavy (non-hydrogen) atoms. The Morgan fingerprint density at radius 3 is 1.04 bits per heavy atom. The van der Waals surface area contributed by atoms with Crippen molar-refractivity contribution in [1.29, 1.82) is 0 Å². The first-order valence-corrected chi connectivity index (χ1v) is 32.1. The molecule has 0 aliphatic carbocycles. The summed E-state index contributed by atoms with van der Waals surface area (Å²) in [5.41, 5.74) is 4.50. The molecule has 0 saturated carbocycles. The number of nitrogens with one attached hydrogen (secondary N) is 1. The SMILES string of the molecule is CC.CC(=O)N(C)CN(C)C(C)=O.CC(=O)[OH2+].CCI.CCN(C)C(C)=O.CCN(C)CC(=O)O.CCNCC(=O)O.CI.CN.I.[I][V]([I])[I].[OH-]. The van der Waals surface area contributed by atoms with Gasteiger partial charge < -0.3 is 46.5 Å². The summed E-state index contributed by atoms with van der Waals surface area (Å²) in [5, 5.41) is 24.7. The average molecular weight is 1480 g/mol. The topological polar surface area (TPSA) is 247 Å². The Bertz CT molecular complexity index is 735. The maximum Gasteiger partial charge on any atom is -0.870 e. The van der Waals surface area contributed by atoms with Crippen molar-refractivity contribution in [2.45, 2.75) is 69.2 Å². The van der Waals surface area contributed by atoms with E-state index < -0.39 is 17.9 Å². The van der Waals surface area contributed by atoms with E-state index in [2.05, 4.69) is 123 Å². The number of likely N-dealkylation sites (N-methyl/N-ethyl adjacent to an activating group) is 2. The minimum atomic E-state index is -0.804. The molecule has 0 aromatic carbocycles. The monoisotopic (exact) mass is 1480 g/mol. The molecule has 0 fully saturated rings. The largest absolute Gasteiger partial charge is 0.870 e. The van der Waals surface area contributed by atoms with Crippen LogP contribution in [-0.4, -0.2) is 160 Å². The fraction of sp³-hybridized carbons (Fsp3) is 0.793. The molecule has 8 N–H and O–H groups in total. The first-order valence-electron chi connectivity index (χ1n) is 14.9. The van der Waals surface area contributed by atoms with Crippen LogP contribution in [0.2, 0.25) is 0 Å². The van der Waals surface area contributed by atoms with Crippen LogP contribution in [0.4, 0.5) is 0 Å². The van der Waals surface area contributed by atoms with Crippen molar-refractivity contribution in [3.05, 3.63) is 0 Å². The second-order valence-electron chi connectivity index (χ2n) is 8.02. The van der Waals surface area contributed by atoms with Crippen LogP contribution < -0.4 is 11.1 Å². The molecule has 23 heteroatoms. The number of alkyl halides is 2. The Balaban J connectivity index is -0.0000000358. The number of nitrogens with zero attached hydrogens (tertiary/aromatic N) is 4. The number of carboxylic acids is 2. The molecule has 0 aromatic heterocycles. The molecule has 0 saturated heterocycles. The van der Waals surface area contributed by atoms with Crippen LogP contribution in [0.25, 0.3) is 0 Å². The number of carbonyl (C=O) groups is 6. The van der Waals surface area contributed by atoms with Crippen molar-refractivity contribution in [1.82, 2.24) is 24.9 Å². The third-order valence-electron chi connectivity index (χ3n) is 3.98. The predicted molar refractivity (Wildman–Crippen MR) is 267 cm³/mol. The van der Waals surface area contributed by atoms with Gasteiger partial charge in [0.05, 0.1) is 26.7 Å². The molecule has 0 spiro atoms. The molecule has 0 atom stereocenters. The van der Waals surface area contributed by atoms with Crippen molar-refractivity contribution < 1.29 is 54.5 Å². The van der Waals surface area contributed by atoms with Crippen LogP contribution in [-0.2, 0) is 33.7 Å². The molecule has 0 aliphatic heterocycles. The van der Waals surface area contributed by atoms with Crippen molar-refractivity contribution >= 4 is 165 Å². The molecule has 0 rings (SSSR count). The Labute approximate surface area is 397 Å². The number of amides is 3. The summed E-state index contributed by atoms with van der Waals surface area (Å²) in [4.78, 5) is 68.4. The van der Waals surface area contributed by atoms with Gasteiger partial charge in [-0.05, 0) is 43.5 Å². The number of carbonyl (C=O) groups excluding carboxylic acids is 4. The van der Waals surface area contributed by atoms with Crippen molar-refractivity contribution in [3.8, 4) is 0 Å². The van der Waals surface area contributed by atoms with Gasteiger partial charge in [-0.1, -0.05) is 79.8 Å². The zero-order chi connectivity index (χ0) is 43.0. The molecule has 324 valence electrons. The number of aliphatic carboxylic acids is 2. The molecular weight excluding hydrogens is 1400 g/mol. The molecule has 16 nitrogen and oxygen atoms in total. The second-order valence-corrected chi connectivity index (χ2v) is 44.9. The number of halogens is 6. The van der Waals surface area contributed by atoms with Crippen LogP contribution in [0.5, 0.6) is 0 Å². The average Bonchev–Trinajstić information content (AvgIpc) is 3.02. The summed E-state index contributed by atoms with van der Waals surface area (Å²) in [6.07, 6.45) is 0. The molecule has 0 bridgehead atoms. The van der Waals surface area contributed by atoms with Crippen molar-refractivity contribution in [2.75, 3.05) is 84.0 Å². The summed E-state index contributed by atoms with van der Waals surface area (Å²) in [6.45, 7) is 20.4. The fourth-order valence-corrected chi connectivity index (χ4v) is 1.31. The van der Waals surface area contributed by atoms with Gasteiger partial charge in [0.25, 0.3) is 0 Å². The standard InChI is InChI=1S/C7H14N2O2.C5H11NO2.C5H11NO.C4H9NO2.C2H5I.C2H4O2.C2H6.CH3I.CH5N.4HI.H2O.V/c1-6(10)8(3)5-9(4)7(2)11;1-3-6(2)4-5(7)8;1-4-6(3)5(2)7;1-2-5-3-4(6)7;1-2-3;1-2(3)4;3*1-2;;;;;;/h5H2,1-4H3;3-4H2,1-2H3,(H,7,8);4H2,1-3H3;5H,2-3H2,1H3,(H,6,7);2H2,1H3;1H3,(H,3,4);1-2H3;1H3;2H2,1H3;4*1H;1H2;/q;;;;;;;;;;;;;;+3/p-3. The van der Waals surface area contributed by atoms with Gasteiger partial charge in [-0.2, -0.15) is 0 Å². The summed E-state index contributed by atoms with van der Waals surface area (Å²) < 4.78 is 1.22. The Kier molecular flexibility index (Phi) is 127. The van der Waals surface area contributed by atoms with Gasteiger partial charge in [0.15, 0.2) is 0 Å². The zero-order valence-electron chi connectivity index (χ0n) is 33.9. The molecule has 0 unspecified atom stereocenters. The Hall–Kier alpha value is 1.62. The number of carboxylic acid groups (broad SMARTS) is 2. The van der Waals surface area contributed by atoms with Crippen LogP contribution in [0.15, 0.2) is 0 Å². The normalized spacial score (nSPS) is 7.62. The third-order valence-corrected chi connectivity index (χ3v) is 3.98. The maximum absolute atomic E-state index is 10.7. The summed E-state index contributed by atoms with van der Waals surface area (Å²) >= 11 is 11.8. The van der Waals surface area contributed by atoms with Crippen LogP contribution >= 0.6 is 129 Å². The Morgan fingerprint density at radius 1 is 0.712 bits per heavy atom. The van der Waals surface area contributed by atoms with E-state index in [1.807, 2.05) is 39.5 Å². The summed E-state index contributed by atoms with van der Waals surface area (Å²) in [6, 6.07) is 0.